The van der Waals surface area contributed by atoms with Crippen molar-refractivity contribution in [2.45, 2.75) is 6.92 Å². The molecule has 0 heterocycles. The van der Waals surface area contributed by atoms with Gasteiger partial charge >= 0.3 is 6.03 Å². The number of nitrogens with one attached hydrogen (secondary N) is 4. The van der Waals surface area contributed by atoms with Crippen LogP contribution in [0.5, 0.6) is 0 Å². The summed E-state index contributed by atoms with van der Waals surface area (Å²) < 4.78 is 0. The summed E-state index contributed by atoms with van der Waals surface area (Å²) in [5, 5.41) is 12.7. The number of benzene rings is 2. The predicted molar refractivity (Wildman–Crippen MR) is 103 cm³/mol. The standard InChI is InChI=1S/C18H22N6O/c1-13(23-24-17(19-2)20-3)14-9-11-16(12-10-14)22-18(25)21-15-7-5-4-6-8-15/h4-12H,1-3H3,(H2,19,20,24)(H2,21,22,25)/b23-13+. The summed E-state index contributed by atoms with van der Waals surface area (Å²) in [6.07, 6.45) is 0. The highest BCUT2D eigenvalue weighted by Gasteiger charge is 2.03. The number of guanidine groups is 1. The van der Waals surface area contributed by atoms with Gasteiger partial charge in [0, 0.05) is 25.5 Å². The summed E-state index contributed by atoms with van der Waals surface area (Å²) in [7, 11) is 3.44. The molecule has 0 bridgehead atoms. The number of anilines is 2. The fraction of sp³-hybridized carbons (Fsp3) is 0.167. The van der Waals surface area contributed by atoms with Gasteiger partial charge in [0.25, 0.3) is 0 Å². The van der Waals surface area contributed by atoms with E-state index in [1.165, 1.54) is 0 Å². The van der Waals surface area contributed by atoms with Crippen molar-refractivity contribution < 1.29 is 4.79 Å². The highest BCUT2D eigenvalue weighted by molar-refractivity contribution is 6.01. The molecule has 0 aliphatic carbocycles. The molecule has 25 heavy (non-hydrogen) atoms. The van der Waals surface area contributed by atoms with Crippen molar-refractivity contribution in [2.24, 2.45) is 10.1 Å². The van der Waals surface area contributed by atoms with Gasteiger partial charge in [-0.1, -0.05) is 30.3 Å². The van der Waals surface area contributed by atoms with E-state index in [9.17, 15) is 4.79 Å². The van der Waals surface area contributed by atoms with Crippen LogP contribution >= 0.6 is 0 Å². The molecule has 0 saturated heterocycles. The Bertz CT molecular complexity index is 753. The van der Waals surface area contributed by atoms with E-state index in [-0.39, 0.29) is 6.03 Å². The summed E-state index contributed by atoms with van der Waals surface area (Å²) in [5.74, 6) is 0.579. The maximum atomic E-state index is 12.0. The lowest BCUT2D eigenvalue weighted by Crippen LogP contribution is -2.31. The summed E-state index contributed by atoms with van der Waals surface area (Å²) in [4.78, 5) is 16.0. The molecule has 7 nitrogen and oxygen atoms in total. The van der Waals surface area contributed by atoms with Crippen molar-refractivity contribution in [1.82, 2.24) is 10.7 Å². The van der Waals surface area contributed by atoms with Crippen LogP contribution in [-0.2, 0) is 0 Å². The smallest absolute Gasteiger partial charge is 0.323 e. The van der Waals surface area contributed by atoms with Crippen LogP contribution in [0, 0.1) is 0 Å². The molecule has 2 aromatic carbocycles. The van der Waals surface area contributed by atoms with Gasteiger partial charge < -0.3 is 16.0 Å². The summed E-state index contributed by atoms with van der Waals surface area (Å²) in [6.45, 7) is 1.89. The van der Waals surface area contributed by atoms with E-state index in [4.69, 9.17) is 0 Å². The SMILES string of the molecule is C/N=C(\NC)N/N=C(\C)c1ccc(NC(=O)Nc2ccccc2)cc1. The van der Waals surface area contributed by atoms with Crippen LogP contribution in [0.1, 0.15) is 12.5 Å². The van der Waals surface area contributed by atoms with Crippen molar-refractivity contribution in [3.8, 4) is 0 Å². The number of hydrazone groups is 1. The number of hydrogen-bond donors (Lipinski definition) is 4. The Balaban J connectivity index is 1.95. The normalized spacial score (nSPS) is 11.6. The topological polar surface area (TPSA) is 89.9 Å². The molecule has 2 aromatic rings. The molecule has 0 spiro atoms. The molecule has 0 unspecified atom stereocenters. The van der Waals surface area contributed by atoms with Gasteiger partial charge in [0.15, 0.2) is 0 Å². The second-order valence-electron chi connectivity index (χ2n) is 5.15. The molecule has 0 aliphatic heterocycles. The van der Waals surface area contributed by atoms with E-state index in [1.54, 1.807) is 14.1 Å². The van der Waals surface area contributed by atoms with Gasteiger partial charge in [0.2, 0.25) is 5.96 Å². The Morgan fingerprint density at radius 1 is 0.920 bits per heavy atom. The average Bonchev–Trinajstić information content (AvgIpc) is 2.63. The largest absolute Gasteiger partial charge is 0.358 e. The predicted octanol–water partition coefficient (Wildman–Crippen LogP) is 2.85. The highest BCUT2D eigenvalue weighted by Crippen LogP contribution is 2.12. The Morgan fingerprint density at radius 2 is 1.52 bits per heavy atom. The number of urea groups is 1. The number of amides is 2. The first-order chi connectivity index (χ1) is 12.1. The van der Waals surface area contributed by atoms with Crippen molar-refractivity contribution in [3.05, 3.63) is 60.2 Å². The first kappa shape index (κ1) is 18.0. The van der Waals surface area contributed by atoms with Crippen molar-refractivity contribution in [3.63, 3.8) is 0 Å². The Kier molecular flexibility index (Phi) is 6.53. The molecule has 0 atom stereocenters. The molecule has 7 heteroatoms. The molecule has 0 radical (unpaired) electrons. The van der Waals surface area contributed by atoms with Crippen LogP contribution in [-0.4, -0.2) is 31.8 Å². The van der Waals surface area contributed by atoms with E-state index in [0.717, 1.165) is 17.0 Å². The number of aliphatic imine (C=N–C) groups is 1. The van der Waals surface area contributed by atoms with Gasteiger partial charge in [0.05, 0.1) is 5.71 Å². The number of para-hydroxylation sites is 1. The van der Waals surface area contributed by atoms with E-state index in [0.29, 0.717) is 11.6 Å². The quantitative estimate of drug-likeness (QED) is 0.392. The average molecular weight is 338 g/mol. The van der Waals surface area contributed by atoms with Gasteiger partial charge in [-0.25, -0.2) is 10.2 Å². The maximum absolute atomic E-state index is 12.0. The minimum Gasteiger partial charge on any atom is -0.358 e. The second-order valence-corrected chi connectivity index (χ2v) is 5.15. The maximum Gasteiger partial charge on any atom is 0.323 e. The molecule has 0 aliphatic rings. The molecule has 2 amide bonds. The highest BCUT2D eigenvalue weighted by atomic mass is 16.2. The molecule has 0 aromatic heterocycles. The fourth-order valence-corrected chi connectivity index (χ4v) is 2.03. The molecule has 0 fully saturated rings. The zero-order valence-corrected chi connectivity index (χ0v) is 14.5. The lowest BCUT2D eigenvalue weighted by Gasteiger charge is -2.09. The Hall–Kier alpha value is -3.35. The van der Waals surface area contributed by atoms with Gasteiger partial charge in [-0.15, -0.1) is 0 Å². The van der Waals surface area contributed by atoms with Crippen LogP contribution in [0.4, 0.5) is 16.2 Å². The summed E-state index contributed by atoms with van der Waals surface area (Å²) in [5.41, 5.74) is 6.02. The zero-order chi connectivity index (χ0) is 18.1. The summed E-state index contributed by atoms with van der Waals surface area (Å²) >= 11 is 0. The molecule has 0 saturated carbocycles. The zero-order valence-electron chi connectivity index (χ0n) is 14.5. The van der Waals surface area contributed by atoms with Gasteiger partial charge in [-0.05, 0) is 36.8 Å². The molecular weight excluding hydrogens is 316 g/mol. The van der Waals surface area contributed by atoms with Gasteiger partial charge in [-0.2, -0.15) is 5.10 Å². The lowest BCUT2D eigenvalue weighted by molar-refractivity contribution is 0.262. The Morgan fingerprint density at radius 3 is 2.08 bits per heavy atom. The van der Waals surface area contributed by atoms with Gasteiger partial charge in [-0.3, -0.25) is 4.99 Å². The van der Waals surface area contributed by atoms with Crippen molar-refractivity contribution in [1.29, 1.82) is 0 Å². The van der Waals surface area contributed by atoms with Crippen LogP contribution in [0.3, 0.4) is 0 Å². The van der Waals surface area contributed by atoms with Crippen LogP contribution in [0.25, 0.3) is 0 Å². The lowest BCUT2D eigenvalue weighted by atomic mass is 10.1. The van der Waals surface area contributed by atoms with E-state index >= 15 is 0 Å². The van der Waals surface area contributed by atoms with Crippen LogP contribution in [0.15, 0.2) is 64.7 Å². The minimum absolute atomic E-state index is 0.288. The number of carbonyl (C=O) groups excluding carboxylic acids is 1. The third kappa shape index (κ3) is 5.65. The molecular formula is C18H22N6O. The number of nitrogens with zero attached hydrogens (tertiary/aromatic N) is 2. The first-order valence-corrected chi connectivity index (χ1v) is 7.80. The molecule has 130 valence electrons. The second kappa shape index (κ2) is 9.07. The minimum atomic E-state index is -0.288. The third-order valence-electron chi connectivity index (χ3n) is 3.38. The van der Waals surface area contributed by atoms with Crippen LogP contribution in [0.2, 0.25) is 0 Å². The molecule has 2 rings (SSSR count). The van der Waals surface area contributed by atoms with Crippen molar-refractivity contribution in [2.75, 3.05) is 24.7 Å². The fourth-order valence-electron chi connectivity index (χ4n) is 2.03. The van der Waals surface area contributed by atoms with E-state index < -0.39 is 0 Å². The number of carbonyl (C=O) groups is 1. The van der Waals surface area contributed by atoms with Crippen LogP contribution < -0.4 is 21.4 Å². The third-order valence-corrected chi connectivity index (χ3v) is 3.38. The number of hydrogen-bond acceptors (Lipinski definition) is 3. The number of rotatable bonds is 4. The van der Waals surface area contributed by atoms with Gasteiger partial charge in [0.1, 0.15) is 0 Å². The van der Waals surface area contributed by atoms with E-state index in [1.807, 2.05) is 61.5 Å². The Labute approximate surface area is 147 Å². The van der Waals surface area contributed by atoms with Crippen molar-refractivity contribution >= 4 is 29.1 Å². The molecule has 4 N–H and O–H groups in total. The first-order valence-electron chi connectivity index (χ1n) is 7.80. The summed E-state index contributed by atoms with van der Waals surface area (Å²) in [6, 6.07) is 16.4. The monoisotopic (exact) mass is 338 g/mol. The van der Waals surface area contributed by atoms with E-state index in [2.05, 4.69) is 31.5 Å².